The predicted molar refractivity (Wildman–Crippen MR) is 110 cm³/mol. The summed E-state index contributed by atoms with van der Waals surface area (Å²) in [6, 6.07) is 0. The topological polar surface area (TPSA) is 43.4 Å². The molecule has 0 unspecified atom stereocenters. The van der Waals surface area contributed by atoms with E-state index in [2.05, 4.69) is 60.3 Å². The molecule has 0 saturated heterocycles. The van der Waals surface area contributed by atoms with Crippen molar-refractivity contribution in [2.24, 2.45) is 0 Å². The number of hydrogen-bond donors (Lipinski definition) is 0. The van der Waals surface area contributed by atoms with Gasteiger partial charge in [-0.3, -0.25) is 9.59 Å². The van der Waals surface area contributed by atoms with Crippen LogP contribution in [0.3, 0.4) is 0 Å². The van der Waals surface area contributed by atoms with E-state index >= 15 is 0 Å². The fourth-order valence-electron chi connectivity index (χ4n) is 1.89. The Balaban J connectivity index is 3.70. The van der Waals surface area contributed by atoms with Gasteiger partial charge in [0.15, 0.2) is 5.78 Å². The molecule has 0 saturated carbocycles. The molecule has 0 aliphatic carbocycles. The second-order valence-corrected chi connectivity index (χ2v) is 5.57. The highest BCUT2D eigenvalue weighted by Crippen LogP contribution is 1.97. The normalized spacial score (nSPS) is 12.7. The van der Waals surface area contributed by atoms with Crippen LogP contribution in [0, 0.1) is 0 Å². The molecule has 142 valence electrons. The van der Waals surface area contributed by atoms with Gasteiger partial charge in [-0.1, -0.05) is 73.8 Å². The molecule has 3 heteroatoms. The van der Waals surface area contributed by atoms with E-state index in [4.69, 9.17) is 0 Å². The molecule has 0 radical (unpaired) electrons. The van der Waals surface area contributed by atoms with Gasteiger partial charge in [-0.15, -0.1) is 0 Å². The second-order valence-electron chi connectivity index (χ2n) is 5.57. The van der Waals surface area contributed by atoms with Crippen molar-refractivity contribution in [1.82, 2.24) is 0 Å². The molecule has 0 bridgehead atoms. The lowest BCUT2D eigenvalue weighted by Gasteiger charge is -1.94. The maximum atomic E-state index is 11.5. The molecule has 3 nitrogen and oxygen atoms in total. The van der Waals surface area contributed by atoms with Gasteiger partial charge in [0.25, 0.3) is 0 Å². The van der Waals surface area contributed by atoms with Crippen LogP contribution >= 0.6 is 0 Å². The molecule has 0 spiro atoms. The van der Waals surface area contributed by atoms with E-state index in [1.165, 1.54) is 13.2 Å². The van der Waals surface area contributed by atoms with Gasteiger partial charge in [-0.05, 0) is 38.2 Å². The third-order valence-electron chi connectivity index (χ3n) is 3.32. The fourth-order valence-corrected chi connectivity index (χ4v) is 1.89. The summed E-state index contributed by atoms with van der Waals surface area (Å²) in [6.45, 7) is 2.14. The Morgan fingerprint density at radius 2 is 1.19 bits per heavy atom. The summed E-state index contributed by atoms with van der Waals surface area (Å²) < 4.78 is 4.49. The highest BCUT2D eigenvalue weighted by atomic mass is 16.5. The Morgan fingerprint density at radius 1 is 0.692 bits per heavy atom. The number of carbonyl (C=O) groups is 2. The molecule has 0 N–H and O–H groups in total. The minimum absolute atomic E-state index is 0.0730. The standard InChI is InChI=1S/C23H32O3/c1-3-4-5-6-7-8-9-10-11-12-13-14-15-16-17-18-19-22(24)20-21-23(25)26-2/h4-5,7-8,10-11,13-14,16-19H,3,6,9,12,15,20-21H2,1-2H3/b5-4-,8-7-,11-10-,14-13-,17-16+,19-18+. The highest BCUT2D eigenvalue weighted by Gasteiger charge is 2.02. The first kappa shape index (κ1) is 23.6. The number of hydrogen-bond acceptors (Lipinski definition) is 3. The van der Waals surface area contributed by atoms with Gasteiger partial charge in [-0.2, -0.15) is 0 Å². The molecule has 0 heterocycles. The van der Waals surface area contributed by atoms with Gasteiger partial charge in [0.1, 0.15) is 0 Å². The van der Waals surface area contributed by atoms with Gasteiger partial charge in [-0.25, -0.2) is 0 Å². The SMILES string of the molecule is CC/C=C\C/C=C\C/C=C\C/C=C\C/C=C/C=C/C(=O)CCC(=O)OC. The van der Waals surface area contributed by atoms with Crippen LogP contribution in [0.1, 0.15) is 51.9 Å². The smallest absolute Gasteiger partial charge is 0.305 e. The first-order valence-electron chi connectivity index (χ1n) is 9.23. The van der Waals surface area contributed by atoms with Crippen molar-refractivity contribution in [3.63, 3.8) is 0 Å². The van der Waals surface area contributed by atoms with Crippen LogP contribution < -0.4 is 0 Å². The van der Waals surface area contributed by atoms with Gasteiger partial charge in [0.05, 0.1) is 13.5 Å². The van der Waals surface area contributed by atoms with Crippen LogP contribution in [0.25, 0.3) is 0 Å². The number of allylic oxidation sites excluding steroid dienone is 12. The molecule has 0 aliphatic heterocycles. The van der Waals surface area contributed by atoms with Crippen LogP contribution in [0.15, 0.2) is 72.9 Å². The van der Waals surface area contributed by atoms with E-state index in [1.54, 1.807) is 6.08 Å². The summed E-state index contributed by atoms with van der Waals surface area (Å²) in [5.41, 5.74) is 0. The van der Waals surface area contributed by atoms with Crippen molar-refractivity contribution in [1.29, 1.82) is 0 Å². The van der Waals surface area contributed by atoms with Gasteiger partial charge >= 0.3 is 5.97 Å². The minimum Gasteiger partial charge on any atom is -0.469 e. The molecule has 0 rings (SSSR count). The summed E-state index contributed by atoms with van der Waals surface area (Å²) in [6.07, 6.45) is 29.5. The number of methoxy groups -OCH3 is 1. The number of rotatable bonds is 14. The number of ether oxygens (including phenoxy) is 1. The maximum absolute atomic E-state index is 11.5. The number of carbonyl (C=O) groups excluding carboxylic acids is 2. The molecular formula is C23H32O3. The fraction of sp³-hybridized carbons (Fsp3) is 0.391. The molecule has 0 aliphatic rings. The van der Waals surface area contributed by atoms with Crippen LogP contribution in [0.2, 0.25) is 0 Å². The Hall–Kier alpha value is -2.42. The first-order valence-corrected chi connectivity index (χ1v) is 9.23. The predicted octanol–water partition coefficient (Wildman–Crippen LogP) is 5.82. The van der Waals surface area contributed by atoms with E-state index in [0.717, 1.165) is 32.1 Å². The lowest BCUT2D eigenvalue weighted by molar-refractivity contribution is -0.141. The summed E-state index contributed by atoms with van der Waals surface area (Å²) in [5, 5.41) is 0. The van der Waals surface area contributed by atoms with E-state index in [1.807, 2.05) is 12.2 Å². The van der Waals surface area contributed by atoms with Crippen molar-refractivity contribution >= 4 is 11.8 Å². The molecule has 0 aromatic carbocycles. The summed E-state index contributed by atoms with van der Waals surface area (Å²) >= 11 is 0. The summed E-state index contributed by atoms with van der Waals surface area (Å²) in [7, 11) is 1.32. The molecular weight excluding hydrogens is 324 g/mol. The van der Waals surface area contributed by atoms with Gasteiger partial charge in [0, 0.05) is 6.42 Å². The lowest BCUT2D eigenvalue weighted by Crippen LogP contribution is -2.03. The highest BCUT2D eigenvalue weighted by molar-refractivity contribution is 5.91. The van der Waals surface area contributed by atoms with Gasteiger partial charge < -0.3 is 4.74 Å². The molecule has 0 aromatic heterocycles. The van der Waals surface area contributed by atoms with E-state index in [9.17, 15) is 9.59 Å². The van der Waals surface area contributed by atoms with Crippen molar-refractivity contribution in [3.8, 4) is 0 Å². The molecule has 0 aromatic rings. The zero-order chi connectivity index (χ0) is 19.3. The minimum atomic E-state index is -0.360. The van der Waals surface area contributed by atoms with Crippen molar-refractivity contribution < 1.29 is 14.3 Å². The second kappa shape index (κ2) is 18.9. The van der Waals surface area contributed by atoms with E-state index < -0.39 is 0 Å². The summed E-state index contributed by atoms with van der Waals surface area (Å²) in [5.74, 6) is -0.433. The van der Waals surface area contributed by atoms with Crippen molar-refractivity contribution in [2.75, 3.05) is 7.11 Å². The number of esters is 1. The average molecular weight is 357 g/mol. The quantitative estimate of drug-likeness (QED) is 0.170. The molecule has 0 atom stereocenters. The Labute approximate surface area is 158 Å². The van der Waals surface area contributed by atoms with Crippen LogP contribution in [-0.2, 0) is 14.3 Å². The van der Waals surface area contributed by atoms with Gasteiger partial charge in [0.2, 0.25) is 0 Å². The van der Waals surface area contributed by atoms with Crippen LogP contribution in [-0.4, -0.2) is 18.9 Å². The third-order valence-corrected chi connectivity index (χ3v) is 3.32. The maximum Gasteiger partial charge on any atom is 0.305 e. The Bertz CT molecular complexity index is 546. The number of ketones is 1. The largest absolute Gasteiger partial charge is 0.469 e. The zero-order valence-corrected chi connectivity index (χ0v) is 16.1. The average Bonchev–Trinajstić information content (AvgIpc) is 2.65. The third kappa shape index (κ3) is 17.9. The van der Waals surface area contributed by atoms with Crippen molar-refractivity contribution in [2.45, 2.75) is 51.9 Å². The Kier molecular flexibility index (Phi) is 17.2. The lowest BCUT2D eigenvalue weighted by atomic mass is 10.2. The first-order chi connectivity index (χ1) is 12.7. The van der Waals surface area contributed by atoms with E-state index in [0.29, 0.717) is 0 Å². The van der Waals surface area contributed by atoms with Crippen molar-refractivity contribution in [3.05, 3.63) is 72.9 Å². The zero-order valence-electron chi connectivity index (χ0n) is 16.1. The van der Waals surface area contributed by atoms with Crippen LogP contribution in [0.5, 0.6) is 0 Å². The van der Waals surface area contributed by atoms with Crippen LogP contribution in [0.4, 0.5) is 0 Å². The molecule has 0 amide bonds. The Morgan fingerprint density at radius 3 is 1.69 bits per heavy atom. The summed E-state index contributed by atoms with van der Waals surface area (Å²) in [4.78, 5) is 22.4. The molecule has 26 heavy (non-hydrogen) atoms. The van der Waals surface area contributed by atoms with E-state index in [-0.39, 0.29) is 24.6 Å². The monoisotopic (exact) mass is 356 g/mol. The molecule has 0 fully saturated rings.